The Morgan fingerprint density at radius 1 is 1.27 bits per heavy atom. The van der Waals surface area contributed by atoms with Crippen LogP contribution in [0, 0.1) is 6.92 Å². The van der Waals surface area contributed by atoms with Crippen molar-refractivity contribution in [2.45, 2.75) is 19.8 Å². The number of carbonyl (C=O) groups is 1. The highest BCUT2D eigenvalue weighted by Gasteiger charge is 2.22. The number of aryl methyl sites for hydroxylation is 2. The van der Waals surface area contributed by atoms with Crippen molar-refractivity contribution >= 4 is 28.4 Å². The summed E-state index contributed by atoms with van der Waals surface area (Å²) in [7, 11) is 1.60. The maximum absolute atomic E-state index is 12.8. The molecule has 1 fully saturated rings. The molecule has 1 N–H and O–H groups in total. The summed E-state index contributed by atoms with van der Waals surface area (Å²) in [6.45, 7) is 3.73. The van der Waals surface area contributed by atoms with Crippen molar-refractivity contribution in [2.75, 3.05) is 23.3 Å². The molecule has 7 heteroatoms. The van der Waals surface area contributed by atoms with Crippen LogP contribution in [0.4, 0.5) is 11.4 Å². The van der Waals surface area contributed by atoms with Gasteiger partial charge in [-0.2, -0.15) is 0 Å². The minimum absolute atomic E-state index is 0.182. The fraction of sp³-hybridized carbons (Fsp3) is 0.316. The molecule has 1 aliphatic rings. The van der Waals surface area contributed by atoms with Crippen LogP contribution in [0.2, 0.25) is 0 Å². The molecule has 2 aromatic heterocycles. The number of nitrogens with one attached hydrogen (secondary N) is 1. The highest BCUT2D eigenvalue weighted by Crippen LogP contribution is 2.25. The fourth-order valence-electron chi connectivity index (χ4n) is 3.41. The van der Waals surface area contributed by atoms with E-state index in [4.69, 9.17) is 4.42 Å². The van der Waals surface area contributed by atoms with Crippen molar-refractivity contribution in [1.29, 1.82) is 0 Å². The molecule has 1 aromatic carbocycles. The van der Waals surface area contributed by atoms with Gasteiger partial charge in [0.1, 0.15) is 17.5 Å². The molecule has 1 aliphatic heterocycles. The molecule has 0 spiro atoms. The van der Waals surface area contributed by atoms with Gasteiger partial charge in [0, 0.05) is 31.5 Å². The summed E-state index contributed by atoms with van der Waals surface area (Å²) >= 11 is 0. The molecule has 7 nitrogen and oxygen atoms in total. The van der Waals surface area contributed by atoms with E-state index in [1.807, 2.05) is 24.3 Å². The van der Waals surface area contributed by atoms with Gasteiger partial charge in [0.05, 0.1) is 5.56 Å². The minimum Gasteiger partial charge on any atom is -0.442 e. The van der Waals surface area contributed by atoms with Crippen LogP contribution in [-0.4, -0.2) is 28.5 Å². The predicted octanol–water partition coefficient (Wildman–Crippen LogP) is 2.69. The van der Waals surface area contributed by atoms with E-state index in [1.54, 1.807) is 14.0 Å². The number of fused-ring (bicyclic) bond motifs is 1. The van der Waals surface area contributed by atoms with Crippen molar-refractivity contribution in [3.8, 4) is 0 Å². The number of nitrogens with zero attached hydrogens (tertiary/aromatic N) is 3. The summed E-state index contributed by atoms with van der Waals surface area (Å²) in [5.41, 5.74) is 1.89. The number of furan rings is 1. The number of hydrogen-bond donors (Lipinski definition) is 1. The van der Waals surface area contributed by atoms with E-state index in [0.717, 1.165) is 18.8 Å². The number of aromatic nitrogens is 2. The molecular weight excluding hydrogens is 332 g/mol. The van der Waals surface area contributed by atoms with Crippen molar-refractivity contribution in [3.05, 3.63) is 52.3 Å². The van der Waals surface area contributed by atoms with Gasteiger partial charge in [-0.05, 0) is 38.0 Å². The third-order valence-electron chi connectivity index (χ3n) is 4.75. The molecule has 0 aliphatic carbocycles. The lowest BCUT2D eigenvalue weighted by atomic mass is 10.1. The predicted molar refractivity (Wildman–Crippen MR) is 99.8 cm³/mol. The summed E-state index contributed by atoms with van der Waals surface area (Å²) in [6.07, 6.45) is 3.76. The van der Waals surface area contributed by atoms with Crippen molar-refractivity contribution in [1.82, 2.24) is 9.55 Å². The van der Waals surface area contributed by atoms with Crippen LogP contribution in [0.15, 0.2) is 39.8 Å². The summed E-state index contributed by atoms with van der Waals surface area (Å²) in [5.74, 6) is 0.00826. The fourth-order valence-corrected chi connectivity index (χ4v) is 3.41. The molecule has 0 bridgehead atoms. The third kappa shape index (κ3) is 2.75. The largest absolute Gasteiger partial charge is 0.442 e. The first kappa shape index (κ1) is 16.4. The lowest BCUT2D eigenvalue weighted by molar-refractivity contribution is 0.102. The Morgan fingerprint density at radius 3 is 2.81 bits per heavy atom. The van der Waals surface area contributed by atoms with Crippen molar-refractivity contribution < 1.29 is 9.21 Å². The van der Waals surface area contributed by atoms with Crippen LogP contribution in [0.3, 0.4) is 0 Å². The van der Waals surface area contributed by atoms with Gasteiger partial charge in [-0.3, -0.25) is 9.59 Å². The van der Waals surface area contributed by atoms with Crippen molar-refractivity contribution in [2.24, 2.45) is 7.05 Å². The van der Waals surface area contributed by atoms with Gasteiger partial charge < -0.3 is 19.2 Å². The number of rotatable bonds is 3. The summed E-state index contributed by atoms with van der Waals surface area (Å²) in [4.78, 5) is 31.7. The third-order valence-corrected chi connectivity index (χ3v) is 4.75. The molecule has 0 radical (unpaired) electrons. The lowest BCUT2D eigenvalue weighted by Crippen LogP contribution is -2.21. The molecule has 1 amide bonds. The van der Waals surface area contributed by atoms with Crippen LogP contribution < -0.4 is 15.8 Å². The lowest BCUT2D eigenvalue weighted by Gasteiger charge is -2.18. The van der Waals surface area contributed by atoms with E-state index in [2.05, 4.69) is 15.2 Å². The summed E-state index contributed by atoms with van der Waals surface area (Å²) < 4.78 is 6.84. The maximum Gasteiger partial charge on any atom is 0.265 e. The maximum atomic E-state index is 12.8. The zero-order valence-electron chi connectivity index (χ0n) is 14.8. The average Bonchev–Trinajstić information content (AvgIpc) is 3.26. The van der Waals surface area contributed by atoms with E-state index in [1.165, 1.54) is 23.7 Å². The van der Waals surface area contributed by atoms with Gasteiger partial charge in [-0.15, -0.1) is 0 Å². The quantitative estimate of drug-likeness (QED) is 0.784. The summed E-state index contributed by atoms with van der Waals surface area (Å²) in [5, 5.41) is 3.10. The van der Waals surface area contributed by atoms with E-state index in [9.17, 15) is 9.59 Å². The van der Waals surface area contributed by atoms with E-state index in [0.29, 0.717) is 11.4 Å². The molecule has 3 heterocycles. The molecule has 26 heavy (non-hydrogen) atoms. The summed E-state index contributed by atoms with van der Waals surface area (Å²) in [6, 6.07) is 7.76. The Balaban J connectivity index is 1.68. The van der Waals surface area contributed by atoms with Gasteiger partial charge in [0.2, 0.25) is 5.71 Å². The molecule has 0 atom stereocenters. The second-order valence-corrected chi connectivity index (χ2v) is 6.57. The first-order valence-electron chi connectivity index (χ1n) is 8.65. The molecule has 0 unspecified atom stereocenters. The number of carbonyl (C=O) groups excluding carboxylic acids is 1. The number of amides is 1. The van der Waals surface area contributed by atoms with Gasteiger partial charge in [0.15, 0.2) is 0 Å². The smallest absolute Gasteiger partial charge is 0.265 e. The second kappa shape index (κ2) is 6.33. The second-order valence-electron chi connectivity index (χ2n) is 6.57. The molecule has 3 aromatic rings. The standard InChI is InChI=1S/C19H20N4O3/c1-12-15(16-18(26-12)20-11-22(2)19(16)25)17(24)21-13-6-5-7-14(10-13)23-8-3-4-9-23/h5-7,10-11H,3-4,8-9H2,1-2H3,(H,21,24). The van der Waals surface area contributed by atoms with Gasteiger partial charge >= 0.3 is 0 Å². The van der Waals surface area contributed by atoms with Crippen LogP contribution in [0.5, 0.6) is 0 Å². The molecule has 4 rings (SSSR count). The highest BCUT2D eigenvalue weighted by molar-refractivity contribution is 6.12. The number of anilines is 2. The van der Waals surface area contributed by atoms with Crippen molar-refractivity contribution in [3.63, 3.8) is 0 Å². The van der Waals surface area contributed by atoms with Crippen LogP contribution in [0.25, 0.3) is 11.1 Å². The van der Waals surface area contributed by atoms with E-state index in [-0.39, 0.29) is 28.1 Å². The van der Waals surface area contributed by atoms with Crippen LogP contribution in [0.1, 0.15) is 29.0 Å². The average molecular weight is 352 g/mol. The van der Waals surface area contributed by atoms with Crippen LogP contribution in [-0.2, 0) is 7.05 Å². The Labute approximate surface area is 150 Å². The Kier molecular flexibility index (Phi) is 3.99. The minimum atomic E-state index is -0.370. The molecule has 0 saturated carbocycles. The monoisotopic (exact) mass is 352 g/mol. The Hall–Kier alpha value is -3.09. The number of hydrogen-bond acceptors (Lipinski definition) is 5. The van der Waals surface area contributed by atoms with Crippen LogP contribution >= 0.6 is 0 Å². The SMILES string of the molecule is Cc1oc2ncn(C)c(=O)c2c1C(=O)Nc1cccc(N2CCCC2)c1. The van der Waals surface area contributed by atoms with Gasteiger partial charge in [0.25, 0.3) is 11.5 Å². The Morgan fingerprint density at radius 2 is 2.04 bits per heavy atom. The zero-order valence-corrected chi connectivity index (χ0v) is 14.8. The van der Waals surface area contributed by atoms with Gasteiger partial charge in [-0.1, -0.05) is 6.07 Å². The normalized spacial score (nSPS) is 14.2. The first-order valence-corrected chi connectivity index (χ1v) is 8.65. The number of benzene rings is 1. The molecular formula is C19H20N4O3. The zero-order chi connectivity index (χ0) is 18.3. The molecule has 1 saturated heterocycles. The molecule has 134 valence electrons. The van der Waals surface area contributed by atoms with E-state index >= 15 is 0 Å². The van der Waals surface area contributed by atoms with E-state index < -0.39 is 0 Å². The van der Waals surface area contributed by atoms with Gasteiger partial charge in [-0.25, -0.2) is 4.98 Å². The first-order chi connectivity index (χ1) is 12.5. The Bertz CT molecular complexity index is 1040. The highest BCUT2D eigenvalue weighted by atomic mass is 16.3. The topological polar surface area (TPSA) is 80.4 Å².